The van der Waals surface area contributed by atoms with Gasteiger partial charge in [0.05, 0.1) is 12.8 Å². The summed E-state index contributed by atoms with van der Waals surface area (Å²) in [6.45, 7) is 1.90. The Morgan fingerprint density at radius 1 is 0.970 bits per heavy atom. The largest absolute Gasteiger partial charge is 0.496 e. The van der Waals surface area contributed by atoms with Crippen LogP contribution in [-0.2, 0) is 16.0 Å². The molecule has 0 spiro atoms. The van der Waals surface area contributed by atoms with Gasteiger partial charge in [-0.05, 0) is 54.0 Å². The summed E-state index contributed by atoms with van der Waals surface area (Å²) in [6, 6.07) is 19.1. The number of barbiturate groups is 1. The molecule has 4 amide bonds. The molecule has 0 atom stereocenters. The van der Waals surface area contributed by atoms with Crippen molar-refractivity contribution in [1.82, 2.24) is 5.32 Å². The Bertz CT molecular complexity index is 1280. The maximum atomic E-state index is 13.1. The predicted molar refractivity (Wildman–Crippen MR) is 127 cm³/mol. The Kier molecular flexibility index (Phi) is 6.29. The molecule has 4 rings (SSSR count). The summed E-state index contributed by atoms with van der Waals surface area (Å²) in [5, 5.41) is 2.90. The minimum absolute atomic E-state index is 0.143. The first-order valence-electron chi connectivity index (χ1n) is 10.3. The van der Waals surface area contributed by atoms with Gasteiger partial charge in [-0.15, -0.1) is 0 Å². The van der Waals surface area contributed by atoms with Crippen molar-refractivity contribution in [1.29, 1.82) is 0 Å². The number of hydrogen-bond acceptors (Lipinski definition) is 4. The first-order chi connectivity index (χ1) is 15.9. The lowest BCUT2D eigenvalue weighted by Crippen LogP contribution is -2.54. The molecule has 1 fully saturated rings. The maximum Gasteiger partial charge on any atom is 0.335 e. The van der Waals surface area contributed by atoms with E-state index >= 15 is 0 Å². The lowest BCUT2D eigenvalue weighted by atomic mass is 10.0. The van der Waals surface area contributed by atoms with Crippen LogP contribution in [0.3, 0.4) is 0 Å². The van der Waals surface area contributed by atoms with Gasteiger partial charge in [0.2, 0.25) is 0 Å². The Morgan fingerprint density at radius 3 is 2.39 bits per heavy atom. The second-order valence-electron chi connectivity index (χ2n) is 7.63. The number of urea groups is 1. The van der Waals surface area contributed by atoms with Crippen molar-refractivity contribution in [2.24, 2.45) is 0 Å². The van der Waals surface area contributed by atoms with E-state index in [0.29, 0.717) is 28.4 Å². The Balaban J connectivity index is 1.66. The molecule has 33 heavy (non-hydrogen) atoms. The molecule has 6 nitrogen and oxygen atoms in total. The first kappa shape index (κ1) is 22.3. The molecule has 0 radical (unpaired) electrons. The number of ether oxygens (including phenoxy) is 1. The van der Waals surface area contributed by atoms with E-state index in [0.717, 1.165) is 21.6 Å². The van der Waals surface area contributed by atoms with Crippen LogP contribution < -0.4 is 15.0 Å². The molecule has 3 aromatic carbocycles. The highest BCUT2D eigenvalue weighted by molar-refractivity contribution is 6.39. The number of aryl methyl sites for hydroxylation is 1. The minimum atomic E-state index is -0.779. The van der Waals surface area contributed by atoms with Crippen molar-refractivity contribution in [2.75, 3.05) is 12.0 Å². The maximum absolute atomic E-state index is 13.1. The van der Waals surface area contributed by atoms with Crippen LogP contribution in [0.5, 0.6) is 5.75 Å². The van der Waals surface area contributed by atoms with Gasteiger partial charge in [-0.3, -0.25) is 14.9 Å². The number of hydrogen-bond donors (Lipinski definition) is 1. The summed E-state index contributed by atoms with van der Waals surface area (Å²) in [4.78, 5) is 38.8. The molecule has 0 unspecified atom stereocenters. The number of halogens is 1. The average Bonchev–Trinajstić information content (AvgIpc) is 2.80. The van der Waals surface area contributed by atoms with Gasteiger partial charge in [-0.2, -0.15) is 0 Å². The smallest absolute Gasteiger partial charge is 0.335 e. The summed E-state index contributed by atoms with van der Waals surface area (Å²) in [5.74, 6) is -0.835. The molecule has 1 heterocycles. The van der Waals surface area contributed by atoms with E-state index in [-0.39, 0.29) is 5.57 Å². The van der Waals surface area contributed by atoms with Crippen molar-refractivity contribution in [2.45, 2.75) is 13.3 Å². The van der Waals surface area contributed by atoms with Gasteiger partial charge >= 0.3 is 6.03 Å². The van der Waals surface area contributed by atoms with Gasteiger partial charge in [-0.1, -0.05) is 59.6 Å². The van der Waals surface area contributed by atoms with Crippen LogP contribution in [0.25, 0.3) is 6.08 Å². The molecular weight excluding hydrogens is 440 g/mol. The van der Waals surface area contributed by atoms with E-state index in [1.807, 2.05) is 37.3 Å². The number of methoxy groups -OCH3 is 1. The number of nitrogens with one attached hydrogen (secondary N) is 1. The first-order valence-corrected chi connectivity index (χ1v) is 10.6. The lowest BCUT2D eigenvalue weighted by Gasteiger charge is -2.26. The zero-order chi connectivity index (χ0) is 23.5. The third kappa shape index (κ3) is 4.66. The minimum Gasteiger partial charge on any atom is -0.496 e. The molecular formula is C26H21ClN2O4. The van der Waals surface area contributed by atoms with Crippen LogP contribution in [0.1, 0.15) is 22.3 Å². The van der Waals surface area contributed by atoms with Gasteiger partial charge in [-0.25, -0.2) is 9.69 Å². The number of amides is 4. The number of benzene rings is 3. The van der Waals surface area contributed by atoms with Crippen LogP contribution in [0, 0.1) is 6.92 Å². The number of carbonyl (C=O) groups is 3. The molecule has 1 saturated heterocycles. The van der Waals surface area contributed by atoms with E-state index in [1.54, 1.807) is 43.5 Å². The lowest BCUT2D eigenvalue weighted by molar-refractivity contribution is -0.122. The molecule has 1 N–H and O–H groups in total. The molecule has 0 saturated carbocycles. The topological polar surface area (TPSA) is 75.7 Å². The number of anilines is 1. The van der Waals surface area contributed by atoms with Gasteiger partial charge in [0, 0.05) is 11.4 Å². The molecule has 0 bridgehead atoms. The van der Waals surface area contributed by atoms with E-state index < -0.39 is 17.8 Å². The number of imide groups is 2. The zero-order valence-corrected chi connectivity index (χ0v) is 18.8. The van der Waals surface area contributed by atoms with Crippen LogP contribution in [-0.4, -0.2) is 25.0 Å². The third-order valence-corrected chi connectivity index (χ3v) is 5.72. The number of carbonyl (C=O) groups excluding carboxylic acids is 3. The predicted octanol–water partition coefficient (Wildman–Crippen LogP) is 4.91. The Labute approximate surface area is 196 Å². The second kappa shape index (κ2) is 9.30. The van der Waals surface area contributed by atoms with Crippen molar-refractivity contribution in [3.8, 4) is 5.75 Å². The van der Waals surface area contributed by atoms with Crippen molar-refractivity contribution < 1.29 is 19.1 Å². The fourth-order valence-electron chi connectivity index (χ4n) is 3.60. The van der Waals surface area contributed by atoms with Crippen LogP contribution in [0.2, 0.25) is 5.02 Å². The molecule has 0 aromatic heterocycles. The summed E-state index contributed by atoms with van der Waals surface area (Å²) in [5.41, 5.74) is 3.68. The van der Waals surface area contributed by atoms with Gasteiger partial charge < -0.3 is 4.74 Å². The summed E-state index contributed by atoms with van der Waals surface area (Å²) < 4.78 is 5.54. The van der Waals surface area contributed by atoms with Crippen LogP contribution >= 0.6 is 11.6 Å². The number of nitrogens with zero attached hydrogens (tertiary/aromatic N) is 1. The van der Waals surface area contributed by atoms with Crippen LogP contribution in [0.4, 0.5) is 10.5 Å². The van der Waals surface area contributed by atoms with E-state index in [4.69, 9.17) is 16.3 Å². The monoisotopic (exact) mass is 460 g/mol. The quantitative estimate of drug-likeness (QED) is 0.433. The molecule has 7 heteroatoms. The van der Waals surface area contributed by atoms with Crippen molar-refractivity contribution >= 4 is 41.2 Å². The summed E-state index contributed by atoms with van der Waals surface area (Å²) in [6.07, 6.45) is 2.02. The highest BCUT2D eigenvalue weighted by Crippen LogP contribution is 2.28. The van der Waals surface area contributed by atoms with Gasteiger partial charge in [0.25, 0.3) is 11.8 Å². The fourth-order valence-corrected chi connectivity index (χ4v) is 3.80. The van der Waals surface area contributed by atoms with E-state index in [1.165, 1.54) is 6.08 Å². The SMILES string of the molecule is COc1cc(/C=C2\C(=O)NC(=O)N(c3ccc(C)cc3)C2=O)ccc1Cc1ccccc1Cl. The summed E-state index contributed by atoms with van der Waals surface area (Å²) in [7, 11) is 1.55. The second-order valence-corrected chi connectivity index (χ2v) is 8.04. The van der Waals surface area contributed by atoms with Gasteiger partial charge in [0.15, 0.2) is 0 Å². The molecule has 0 aliphatic carbocycles. The molecule has 166 valence electrons. The van der Waals surface area contributed by atoms with Crippen molar-refractivity contribution in [3.63, 3.8) is 0 Å². The molecule has 3 aromatic rings. The normalized spacial score (nSPS) is 15.1. The highest BCUT2D eigenvalue weighted by Gasteiger charge is 2.36. The highest BCUT2D eigenvalue weighted by atomic mass is 35.5. The van der Waals surface area contributed by atoms with E-state index in [9.17, 15) is 14.4 Å². The van der Waals surface area contributed by atoms with Gasteiger partial charge in [0.1, 0.15) is 11.3 Å². The van der Waals surface area contributed by atoms with Crippen LogP contribution in [0.15, 0.2) is 72.3 Å². The standard InChI is InChI=1S/C26H21ClN2O4/c1-16-7-11-20(12-8-16)29-25(31)21(24(30)28-26(29)32)13-17-9-10-19(23(14-17)33-2)15-18-5-3-4-6-22(18)27/h3-14H,15H2,1-2H3,(H,28,30,32)/b21-13+. The Hall–Kier alpha value is -3.90. The Morgan fingerprint density at radius 2 is 1.70 bits per heavy atom. The fraction of sp³-hybridized carbons (Fsp3) is 0.115. The molecule has 1 aliphatic rings. The summed E-state index contributed by atoms with van der Waals surface area (Å²) >= 11 is 6.28. The van der Waals surface area contributed by atoms with Crippen molar-refractivity contribution in [3.05, 3.63) is 99.6 Å². The zero-order valence-electron chi connectivity index (χ0n) is 18.1. The van der Waals surface area contributed by atoms with E-state index in [2.05, 4.69) is 5.32 Å². The number of rotatable bonds is 5. The average molecular weight is 461 g/mol. The third-order valence-electron chi connectivity index (χ3n) is 5.35. The molecule has 1 aliphatic heterocycles.